The molecule has 0 aliphatic carbocycles. The number of amides is 1. The highest BCUT2D eigenvalue weighted by atomic mass is 16.3. The summed E-state index contributed by atoms with van der Waals surface area (Å²) in [6.07, 6.45) is 0.731. The van der Waals surface area contributed by atoms with Crippen LogP contribution in [0.2, 0.25) is 0 Å². The SMILES string of the molecule is CC(C)NC(=O)C(O)C1CC2(CCN1Cc1ccccn1)c1ccccc1N(c1ccc(-c3ccccc3)cc1)C2O. The van der Waals surface area contributed by atoms with Crippen LogP contribution in [0.15, 0.2) is 103 Å². The van der Waals surface area contributed by atoms with Crippen LogP contribution < -0.4 is 10.2 Å². The normalized spacial score (nSPS) is 22.7. The second-order valence-electron chi connectivity index (χ2n) is 11.8. The molecule has 4 atom stereocenters. The molecule has 4 aromatic rings. The van der Waals surface area contributed by atoms with Crippen molar-refractivity contribution in [2.75, 3.05) is 11.4 Å². The minimum absolute atomic E-state index is 0.0962. The van der Waals surface area contributed by atoms with Crippen LogP contribution in [0.25, 0.3) is 11.1 Å². The van der Waals surface area contributed by atoms with Gasteiger partial charge in [0.1, 0.15) is 12.3 Å². The molecule has 1 aromatic heterocycles. The first-order chi connectivity index (χ1) is 20.4. The van der Waals surface area contributed by atoms with Crippen molar-refractivity contribution in [1.29, 1.82) is 0 Å². The standard InChI is InChI=1S/C35H38N4O3/c1-24(2)37-33(41)32(40)31-22-35(19-21-38(31)23-27-12-8-9-20-36-27)29-13-6-7-14-30(29)39(34(35)42)28-17-15-26(16-18-28)25-10-4-3-5-11-25/h3-18,20,24,31-32,34,40,42H,19,21-23H2,1-2H3,(H,37,41). The Morgan fingerprint density at radius 1 is 0.952 bits per heavy atom. The lowest BCUT2D eigenvalue weighted by Gasteiger charge is -2.48. The molecule has 7 heteroatoms. The van der Waals surface area contributed by atoms with Gasteiger partial charge in [-0.1, -0.05) is 66.7 Å². The van der Waals surface area contributed by atoms with E-state index in [4.69, 9.17) is 0 Å². The van der Waals surface area contributed by atoms with Crippen LogP contribution in [-0.2, 0) is 16.8 Å². The molecule has 7 nitrogen and oxygen atoms in total. The van der Waals surface area contributed by atoms with E-state index in [0.717, 1.165) is 33.8 Å². The van der Waals surface area contributed by atoms with E-state index in [-0.39, 0.29) is 6.04 Å². The van der Waals surface area contributed by atoms with Gasteiger partial charge in [-0.15, -0.1) is 0 Å². The lowest BCUT2D eigenvalue weighted by atomic mass is 9.69. The number of benzene rings is 3. The Hall–Kier alpha value is -4.04. The summed E-state index contributed by atoms with van der Waals surface area (Å²) in [5, 5.41) is 26.6. The van der Waals surface area contributed by atoms with Crippen LogP contribution in [0.3, 0.4) is 0 Å². The number of nitrogens with one attached hydrogen (secondary N) is 1. The molecule has 2 aliphatic heterocycles. The number of hydrogen-bond donors (Lipinski definition) is 3. The average Bonchev–Trinajstić information content (AvgIpc) is 3.25. The van der Waals surface area contributed by atoms with E-state index in [1.165, 1.54) is 0 Å². The molecule has 1 spiro atoms. The van der Waals surface area contributed by atoms with Crippen molar-refractivity contribution in [2.24, 2.45) is 0 Å². The van der Waals surface area contributed by atoms with Gasteiger partial charge in [0.2, 0.25) is 0 Å². The molecule has 3 N–H and O–H groups in total. The van der Waals surface area contributed by atoms with Crippen LogP contribution in [0.5, 0.6) is 0 Å². The summed E-state index contributed by atoms with van der Waals surface area (Å²) in [6, 6.07) is 31.8. The van der Waals surface area contributed by atoms with Gasteiger partial charge in [0.05, 0.1) is 5.69 Å². The van der Waals surface area contributed by atoms with Gasteiger partial charge in [0, 0.05) is 41.6 Å². The van der Waals surface area contributed by atoms with E-state index in [1.807, 2.05) is 67.3 Å². The number of pyridine rings is 1. The van der Waals surface area contributed by atoms with E-state index < -0.39 is 29.7 Å². The maximum atomic E-state index is 13.1. The van der Waals surface area contributed by atoms with Crippen molar-refractivity contribution in [2.45, 2.75) is 63.1 Å². The molecule has 3 aromatic carbocycles. The predicted octanol–water partition coefficient (Wildman–Crippen LogP) is 5.01. The molecule has 0 saturated carbocycles. The molecule has 4 unspecified atom stereocenters. The quantitative estimate of drug-likeness (QED) is 0.294. The van der Waals surface area contributed by atoms with Gasteiger partial charge < -0.3 is 20.4 Å². The number of aliphatic hydroxyl groups is 2. The van der Waals surface area contributed by atoms with Crippen LogP contribution in [0.4, 0.5) is 11.4 Å². The van der Waals surface area contributed by atoms with E-state index >= 15 is 0 Å². The Morgan fingerprint density at radius 3 is 2.36 bits per heavy atom. The fourth-order valence-electron chi connectivity index (χ4n) is 6.69. The third-order valence-electron chi connectivity index (χ3n) is 8.73. The van der Waals surface area contributed by atoms with Gasteiger partial charge in [0.15, 0.2) is 0 Å². The summed E-state index contributed by atoms with van der Waals surface area (Å²) >= 11 is 0. The van der Waals surface area contributed by atoms with E-state index in [2.05, 4.69) is 63.7 Å². The van der Waals surface area contributed by atoms with Crippen molar-refractivity contribution in [3.8, 4) is 11.1 Å². The predicted molar refractivity (Wildman–Crippen MR) is 165 cm³/mol. The number of piperidine rings is 1. The molecule has 216 valence electrons. The van der Waals surface area contributed by atoms with Crippen molar-refractivity contribution in [1.82, 2.24) is 15.2 Å². The molecule has 0 bridgehead atoms. The molecule has 42 heavy (non-hydrogen) atoms. The summed E-state index contributed by atoms with van der Waals surface area (Å²) in [5.74, 6) is -0.396. The first-order valence-electron chi connectivity index (χ1n) is 14.7. The summed E-state index contributed by atoms with van der Waals surface area (Å²) in [7, 11) is 0. The Morgan fingerprint density at radius 2 is 1.64 bits per heavy atom. The number of nitrogens with zero attached hydrogens (tertiary/aromatic N) is 3. The zero-order chi connectivity index (χ0) is 29.3. The summed E-state index contributed by atoms with van der Waals surface area (Å²) in [5.41, 5.74) is 5.36. The zero-order valence-electron chi connectivity index (χ0n) is 24.1. The van der Waals surface area contributed by atoms with Crippen molar-refractivity contribution in [3.05, 3.63) is 115 Å². The minimum atomic E-state index is -1.26. The first kappa shape index (κ1) is 28.1. The second kappa shape index (κ2) is 11.7. The topological polar surface area (TPSA) is 88.9 Å². The molecule has 6 rings (SSSR count). The van der Waals surface area contributed by atoms with Gasteiger partial charge in [-0.2, -0.15) is 0 Å². The summed E-state index contributed by atoms with van der Waals surface area (Å²) in [4.78, 5) is 21.8. The van der Waals surface area contributed by atoms with Gasteiger partial charge in [0.25, 0.3) is 5.91 Å². The third-order valence-corrected chi connectivity index (χ3v) is 8.73. The van der Waals surface area contributed by atoms with Crippen LogP contribution >= 0.6 is 0 Å². The van der Waals surface area contributed by atoms with Gasteiger partial charge in [-0.05, 0) is 80.3 Å². The van der Waals surface area contributed by atoms with Gasteiger partial charge >= 0.3 is 0 Å². The fraction of sp³-hybridized carbons (Fsp3) is 0.314. The second-order valence-corrected chi connectivity index (χ2v) is 11.8. The number of aliphatic hydroxyl groups excluding tert-OH is 2. The van der Waals surface area contributed by atoms with E-state index in [9.17, 15) is 15.0 Å². The molecule has 1 saturated heterocycles. The Labute approximate surface area is 247 Å². The van der Waals surface area contributed by atoms with Gasteiger partial charge in [-0.3, -0.25) is 14.7 Å². The van der Waals surface area contributed by atoms with Crippen LogP contribution in [0, 0.1) is 0 Å². The van der Waals surface area contributed by atoms with Gasteiger partial charge in [-0.25, -0.2) is 0 Å². The Balaban J connectivity index is 1.35. The summed E-state index contributed by atoms with van der Waals surface area (Å²) < 4.78 is 0. The molecule has 1 amide bonds. The number of hydrogen-bond acceptors (Lipinski definition) is 6. The molecular formula is C35H38N4O3. The molecule has 3 heterocycles. The van der Waals surface area contributed by atoms with Crippen molar-refractivity contribution in [3.63, 3.8) is 0 Å². The fourth-order valence-corrected chi connectivity index (χ4v) is 6.69. The highest BCUT2D eigenvalue weighted by Crippen LogP contribution is 2.54. The Kier molecular flexibility index (Phi) is 7.82. The highest BCUT2D eigenvalue weighted by Gasteiger charge is 2.55. The average molecular weight is 563 g/mol. The van der Waals surface area contributed by atoms with Crippen molar-refractivity contribution >= 4 is 17.3 Å². The van der Waals surface area contributed by atoms with Crippen LogP contribution in [0.1, 0.15) is 37.9 Å². The zero-order valence-corrected chi connectivity index (χ0v) is 24.1. The number of carbonyl (C=O) groups excluding carboxylic acids is 1. The molecule has 1 fully saturated rings. The number of anilines is 2. The Bertz CT molecular complexity index is 1510. The maximum Gasteiger partial charge on any atom is 0.250 e. The van der Waals surface area contributed by atoms with E-state index in [0.29, 0.717) is 25.9 Å². The number of carbonyl (C=O) groups is 1. The van der Waals surface area contributed by atoms with Crippen molar-refractivity contribution < 1.29 is 15.0 Å². The van der Waals surface area contributed by atoms with Crippen LogP contribution in [-0.4, -0.2) is 57.0 Å². The monoisotopic (exact) mass is 562 g/mol. The largest absolute Gasteiger partial charge is 0.382 e. The molecule has 2 aliphatic rings. The number of likely N-dealkylation sites (tertiary alicyclic amines) is 1. The first-order valence-corrected chi connectivity index (χ1v) is 14.7. The third kappa shape index (κ3) is 5.20. The molecule has 0 radical (unpaired) electrons. The van der Waals surface area contributed by atoms with E-state index in [1.54, 1.807) is 6.20 Å². The highest BCUT2D eigenvalue weighted by molar-refractivity contribution is 5.82. The lowest BCUT2D eigenvalue weighted by Crippen LogP contribution is -2.60. The number of rotatable bonds is 7. The number of fused-ring (bicyclic) bond motifs is 2. The number of para-hydroxylation sites is 1. The minimum Gasteiger partial charge on any atom is -0.382 e. The summed E-state index contributed by atoms with van der Waals surface area (Å²) in [6.45, 7) is 4.88. The number of aromatic nitrogens is 1. The maximum absolute atomic E-state index is 13.1. The molecular weight excluding hydrogens is 524 g/mol. The smallest absolute Gasteiger partial charge is 0.250 e. The lowest BCUT2D eigenvalue weighted by molar-refractivity contribution is -0.136.